The Hall–Kier alpha value is -2.13. The normalized spacial score (nSPS) is 10.0. The zero-order valence-electron chi connectivity index (χ0n) is 10.3. The molecule has 96 valence electrons. The van der Waals surface area contributed by atoms with Crippen molar-refractivity contribution in [3.05, 3.63) is 65.2 Å². The topological polar surface area (TPSA) is 37.4 Å². The molecule has 0 spiro atoms. The molecule has 0 aromatic heterocycles. The molecule has 3 nitrogen and oxygen atoms in total. The minimum absolute atomic E-state index is 0.337. The van der Waals surface area contributed by atoms with E-state index in [1.54, 1.807) is 48.5 Å². The van der Waals surface area contributed by atoms with E-state index in [9.17, 15) is 9.59 Å². The van der Waals surface area contributed by atoms with Crippen LogP contribution in [0.3, 0.4) is 0 Å². The first-order valence-electron chi connectivity index (χ1n) is 5.75. The Bertz CT molecular complexity index is 611. The second-order valence-corrected chi connectivity index (χ2v) is 4.44. The quantitative estimate of drug-likeness (QED) is 0.839. The van der Waals surface area contributed by atoms with Gasteiger partial charge in [-0.1, -0.05) is 35.9 Å². The number of nitrogens with zero attached hydrogens (tertiary/aromatic N) is 1. The smallest absolute Gasteiger partial charge is 0.265 e. The molecule has 4 heteroatoms. The van der Waals surface area contributed by atoms with Gasteiger partial charge in [-0.25, -0.2) is 4.90 Å². The van der Waals surface area contributed by atoms with E-state index in [1.165, 1.54) is 6.92 Å². The largest absolute Gasteiger partial charge is 0.274 e. The highest BCUT2D eigenvalue weighted by Gasteiger charge is 2.21. The molecule has 2 amide bonds. The molecule has 19 heavy (non-hydrogen) atoms. The molecule has 0 saturated heterocycles. The van der Waals surface area contributed by atoms with Crippen molar-refractivity contribution in [2.24, 2.45) is 0 Å². The Morgan fingerprint density at radius 1 is 1.00 bits per heavy atom. The van der Waals surface area contributed by atoms with Crippen molar-refractivity contribution in [2.45, 2.75) is 6.92 Å². The van der Waals surface area contributed by atoms with Crippen molar-refractivity contribution in [3.8, 4) is 0 Å². The van der Waals surface area contributed by atoms with Crippen molar-refractivity contribution in [1.82, 2.24) is 0 Å². The van der Waals surface area contributed by atoms with E-state index < -0.39 is 0 Å². The number of hydrogen-bond acceptors (Lipinski definition) is 2. The first kappa shape index (κ1) is 13.3. The highest BCUT2D eigenvalue weighted by molar-refractivity contribution is 6.31. The third-order valence-corrected chi connectivity index (χ3v) is 2.84. The summed E-state index contributed by atoms with van der Waals surface area (Å²) in [5.41, 5.74) is 0.923. The van der Waals surface area contributed by atoms with Gasteiger partial charge in [-0.15, -0.1) is 0 Å². The molecule has 2 rings (SSSR count). The fraction of sp³-hybridized carbons (Fsp3) is 0.0667. The van der Waals surface area contributed by atoms with E-state index in [0.717, 1.165) is 4.90 Å². The van der Waals surface area contributed by atoms with Crippen LogP contribution in [0.25, 0.3) is 0 Å². The molecule has 0 aliphatic heterocycles. The van der Waals surface area contributed by atoms with Crippen LogP contribution in [0.15, 0.2) is 54.6 Å². The molecular weight excluding hydrogens is 262 g/mol. The standard InChI is InChI=1S/C15H12ClNO2/c1-11(18)17(14-8-3-2-4-9-14)15(19)12-6-5-7-13(16)10-12/h2-10H,1H3. The summed E-state index contributed by atoms with van der Waals surface area (Å²) in [6, 6.07) is 15.3. The first-order valence-corrected chi connectivity index (χ1v) is 6.13. The van der Waals surface area contributed by atoms with E-state index >= 15 is 0 Å². The Labute approximate surface area is 116 Å². The van der Waals surface area contributed by atoms with Crippen LogP contribution in [0, 0.1) is 0 Å². The minimum Gasteiger partial charge on any atom is -0.274 e. The number of benzene rings is 2. The van der Waals surface area contributed by atoms with Crippen molar-refractivity contribution < 1.29 is 9.59 Å². The fourth-order valence-electron chi connectivity index (χ4n) is 1.77. The predicted molar refractivity (Wildman–Crippen MR) is 75.4 cm³/mol. The number of rotatable bonds is 2. The van der Waals surface area contributed by atoms with Crippen LogP contribution >= 0.6 is 11.6 Å². The summed E-state index contributed by atoms with van der Waals surface area (Å²) in [7, 11) is 0. The first-order chi connectivity index (χ1) is 9.09. The van der Waals surface area contributed by atoms with Gasteiger partial charge < -0.3 is 0 Å². The van der Waals surface area contributed by atoms with Gasteiger partial charge in [0.25, 0.3) is 5.91 Å². The molecule has 0 aliphatic carbocycles. The molecule has 0 bridgehead atoms. The summed E-state index contributed by atoms with van der Waals surface area (Å²) in [4.78, 5) is 25.2. The van der Waals surface area contributed by atoms with Gasteiger partial charge in [0.2, 0.25) is 5.91 Å². The number of anilines is 1. The van der Waals surface area contributed by atoms with Gasteiger partial charge in [0.05, 0.1) is 5.69 Å². The van der Waals surface area contributed by atoms with Crippen LogP contribution in [0.5, 0.6) is 0 Å². The van der Waals surface area contributed by atoms with Crippen LogP contribution in [0.1, 0.15) is 17.3 Å². The maximum Gasteiger partial charge on any atom is 0.265 e. The van der Waals surface area contributed by atoms with Crippen molar-refractivity contribution >= 4 is 29.1 Å². The Morgan fingerprint density at radius 2 is 1.68 bits per heavy atom. The fourth-order valence-corrected chi connectivity index (χ4v) is 1.96. The van der Waals surface area contributed by atoms with Gasteiger partial charge >= 0.3 is 0 Å². The predicted octanol–water partition coefficient (Wildman–Crippen LogP) is 3.53. The maximum absolute atomic E-state index is 12.4. The van der Waals surface area contributed by atoms with Crippen LogP contribution in [-0.4, -0.2) is 11.8 Å². The average molecular weight is 274 g/mol. The summed E-state index contributed by atoms with van der Waals surface area (Å²) < 4.78 is 0. The highest BCUT2D eigenvalue weighted by atomic mass is 35.5. The van der Waals surface area contributed by atoms with Crippen LogP contribution < -0.4 is 4.90 Å². The van der Waals surface area contributed by atoms with Gasteiger partial charge in [0, 0.05) is 17.5 Å². The lowest BCUT2D eigenvalue weighted by Gasteiger charge is -2.19. The lowest BCUT2D eigenvalue weighted by atomic mass is 10.2. The second kappa shape index (κ2) is 5.67. The SMILES string of the molecule is CC(=O)N(C(=O)c1cccc(Cl)c1)c1ccccc1. The Morgan fingerprint density at radius 3 is 2.26 bits per heavy atom. The Kier molecular flexibility index (Phi) is 3.97. The van der Waals surface area contributed by atoms with Crippen molar-refractivity contribution in [2.75, 3.05) is 4.90 Å². The average Bonchev–Trinajstić information content (AvgIpc) is 2.39. The van der Waals surface area contributed by atoms with Crippen LogP contribution in [-0.2, 0) is 4.79 Å². The van der Waals surface area contributed by atoms with Crippen LogP contribution in [0.4, 0.5) is 5.69 Å². The van der Waals surface area contributed by atoms with Gasteiger partial charge in [0.15, 0.2) is 0 Å². The van der Waals surface area contributed by atoms with E-state index in [1.807, 2.05) is 6.07 Å². The number of para-hydroxylation sites is 1. The Balaban J connectivity index is 2.41. The van der Waals surface area contributed by atoms with E-state index in [2.05, 4.69) is 0 Å². The third kappa shape index (κ3) is 3.01. The summed E-state index contributed by atoms with van der Waals surface area (Å²) in [5, 5.41) is 0.461. The molecule has 0 unspecified atom stereocenters. The van der Waals surface area contributed by atoms with E-state index in [0.29, 0.717) is 16.3 Å². The van der Waals surface area contributed by atoms with E-state index in [-0.39, 0.29) is 11.8 Å². The van der Waals surface area contributed by atoms with Crippen molar-refractivity contribution in [1.29, 1.82) is 0 Å². The number of hydrogen-bond donors (Lipinski definition) is 0. The zero-order chi connectivity index (χ0) is 13.8. The maximum atomic E-state index is 12.4. The molecule has 0 fully saturated rings. The zero-order valence-corrected chi connectivity index (χ0v) is 11.1. The lowest BCUT2D eigenvalue weighted by Crippen LogP contribution is -2.35. The minimum atomic E-state index is -0.388. The van der Waals surface area contributed by atoms with E-state index in [4.69, 9.17) is 11.6 Å². The van der Waals surface area contributed by atoms with Gasteiger partial charge in [0.1, 0.15) is 0 Å². The molecule has 0 N–H and O–H groups in total. The van der Waals surface area contributed by atoms with Gasteiger partial charge in [-0.05, 0) is 30.3 Å². The molecule has 0 atom stereocenters. The second-order valence-electron chi connectivity index (χ2n) is 4.01. The third-order valence-electron chi connectivity index (χ3n) is 2.60. The molecular formula is C15H12ClNO2. The van der Waals surface area contributed by atoms with Gasteiger partial charge in [-0.2, -0.15) is 0 Å². The summed E-state index contributed by atoms with van der Waals surface area (Å²) in [5.74, 6) is -0.725. The number of halogens is 1. The highest BCUT2D eigenvalue weighted by Crippen LogP contribution is 2.19. The molecule has 0 heterocycles. The molecule has 2 aromatic carbocycles. The molecule has 0 radical (unpaired) electrons. The summed E-state index contributed by atoms with van der Waals surface area (Å²) in [6.45, 7) is 1.36. The summed E-state index contributed by atoms with van der Waals surface area (Å²) >= 11 is 5.86. The van der Waals surface area contributed by atoms with Crippen molar-refractivity contribution in [3.63, 3.8) is 0 Å². The molecule has 0 saturated carbocycles. The number of amides is 2. The molecule has 2 aromatic rings. The monoisotopic (exact) mass is 273 g/mol. The number of imide groups is 1. The lowest BCUT2D eigenvalue weighted by molar-refractivity contribution is -0.115. The number of carbonyl (C=O) groups is 2. The summed E-state index contributed by atoms with van der Waals surface area (Å²) in [6.07, 6.45) is 0. The van der Waals surface area contributed by atoms with Crippen LogP contribution in [0.2, 0.25) is 5.02 Å². The molecule has 0 aliphatic rings. The number of carbonyl (C=O) groups excluding carboxylic acids is 2. The van der Waals surface area contributed by atoms with Gasteiger partial charge in [-0.3, -0.25) is 9.59 Å².